The van der Waals surface area contributed by atoms with Gasteiger partial charge in [-0.1, -0.05) is 12.1 Å². The van der Waals surface area contributed by atoms with Crippen LogP contribution >= 0.6 is 0 Å². The second-order valence-electron chi connectivity index (χ2n) is 4.77. The summed E-state index contributed by atoms with van der Waals surface area (Å²) < 4.78 is 54.8. The first-order valence-electron chi connectivity index (χ1n) is 5.97. The number of benzene rings is 1. The summed E-state index contributed by atoms with van der Waals surface area (Å²) in [6, 6.07) is 4.12. The zero-order valence-corrected chi connectivity index (χ0v) is 11.4. The first kappa shape index (κ1) is 17.9. The Kier molecular flexibility index (Phi) is 5.13. The molecule has 2 atom stereocenters. The summed E-state index contributed by atoms with van der Waals surface area (Å²) >= 11 is 0. The molecule has 5 nitrogen and oxygen atoms in total. The molecule has 1 aromatic rings. The van der Waals surface area contributed by atoms with E-state index in [9.17, 15) is 32.3 Å². The lowest BCUT2D eigenvalue weighted by Gasteiger charge is -2.26. The van der Waals surface area contributed by atoms with Crippen LogP contribution in [-0.4, -0.2) is 28.8 Å². The van der Waals surface area contributed by atoms with Crippen LogP contribution in [0, 0.1) is 5.82 Å². The molecule has 0 bridgehead atoms. The van der Waals surface area contributed by atoms with Crippen molar-refractivity contribution in [3.05, 3.63) is 35.6 Å². The number of hydrogen-bond acceptors (Lipinski definition) is 4. The normalized spacial score (nSPS) is 15.7. The molecule has 122 valence electrons. The number of ether oxygens (including phenoxy) is 1. The van der Waals surface area contributed by atoms with Crippen LogP contribution in [0.4, 0.5) is 17.6 Å². The van der Waals surface area contributed by atoms with Gasteiger partial charge in [-0.2, -0.15) is 13.2 Å². The van der Waals surface area contributed by atoms with E-state index in [1.807, 2.05) is 0 Å². The van der Waals surface area contributed by atoms with Gasteiger partial charge in [0.1, 0.15) is 5.82 Å². The molecule has 0 aliphatic carbocycles. The Balaban J connectivity index is 2.86. The third-order valence-corrected chi connectivity index (χ3v) is 2.78. The van der Waals surface area contributed by atoms with Crippen LogP contribution < -0.4 is 5.73 Å². The number of primary amides is 1. The summed E-state index contributed by atoms with van der Waals surface area (Å²) in [4.78, 5) is 22.7. The maximum absolute atomic E-state index is 12.8. The van der Waals surface area contributed by atoms with Gasteiger partial charge in [0, 0.05) is 5.56 Å². The lowest BCUT2D eigenvalue weighted by atomic mass is 10.0. The molecule has 0 unspecified atom stereocenters. The van der Waals surface area contributed by atoms with E-state index in [0.29, 0.717) is 6.92 Å². The minimum atomic E-state index is -5.05. The molecule has 0 heterocycles. The summed E-state index contributed by atoms with van der Waals surface area (Å²) in [5, 5.41) is 9.19. The maximum Gasteiger partial charge on any atom is 0.417 e. The van der Waals surface area contributed by atoms with E-state index in [1.165, 1.54) is 0 Å². The molecule has 9 heteroatoms. The summed E-state index contributed by atoms with van der Waals surface area (Å²) in [6.45, 7) is 0.394. The number of hydrogen-bond donors (Lipinski definition) is 2. The highest BCUT2D eigenvalue weighted by Crippen LogP contribution is 2.33. The number of carbonyl (C=O) groups is 2. The number of nitrogens with two attached hydrogens (primary N) is 1. The topological polar surface area (TPSA) is 89.6 Å². The van der Waals surface area contributed by atoms with Crippen LogP contribution in [0.2, 0.25) is 0 Å². The van der Waals surface area contributed by atoms with E-state index < -0.39 is 42.0 Å². The van der Waals surface area contributed by atoms with Crippen LogP contribution in [-0.2, 0) is 14.3 Å². The fourth-order valence-corrected chi connectivity index (χ4v) is 1.48. The molecule has 22 heavy (non-hydrogen) atoms. The summed E-state index contributed by atoms with van der Waals surface area (Å²) in [5.74, 6) is -3.25. The summed E-state index contributed by atoms with van der Waals surface area (Å²) in [6.07, 6.45) is -8.15. The van der Waals surface area contributed by atoms with Gasteiger partial charge in [-0.25, -0.2) is 4.39 Å². The van der Waals surface area contributed by atoms with E-state index in [2.05, 4.69) is 4.74 Å². The quantitative estimate of drug-likeness (QED) is 0.636. The van der Waals surface area contributed by atoms with Gasteiger partial charge in [-0.05, 0) is 19.1 Å². The van der Waals surface area contributed by atoms with Crippen LogP contribution in [0.15, 0.2) is 24.3 Å². The zero-order valence-electron chi connectivity index (χ0n) is 11.4. The summed E-state index contributed by atoms with van der Waals surface area (Å²) in [7, 11) is 0. The Morgan fingerprint density at radius 1 is 1.27 bits per heavy atom. The summed E-state index contributed by atoms with van der Waals surface area (Å²) in [5.41, 5.74) is 1.69. The second kappa shape index (κ2) is 6.30. The number of alkyl halides is 3. The molecule has 1 aromatic carbocycles. The van der Waals surface area contributed by atoms with Gasteiger partial charge >= 0.3 is 12.1 Å². The van der Waals surface area contributed by atoms with Crippen molar-refractivity contribution in [2.45, 2.75) is 31.2 Å². The average molecular weight is 323 g/mol. The first-order valence-corrected chi connectivity index (χ1v) is 5.97. The van der Waals surface area contributed by atoms with Crippen LogP contribution in [0.1, 0.15) is 25.0 Å². The largest absolute Gasteiger partial charge is 0.447 e. The van der Waals surface area contributed by atoms with Gasteiger partial charge in [0.25, 0.3) is 5.91 Å². The molecule has 3 N–H and O–H groups in total. The van der Waals surface area contributed by atoms with Crippen LogP contribution in [0.5, 0.6) is 0 Å². The number of halogens is 4. The van der Waals surface area contributed by atoms with Gasteiger partial charge in [-0.15, -0.1) is 0 Å². The SMILES string of the molecule is C[C@](O)(CC(=O)O[C@H](C(N)=O)c1ccc(F)cc1)C(F)(F)F. The Hall–Kier alpha value is -2.16. The third-order valence-electron chi connectivity index (χ3n) is 2.78. The number of esters is 1. The van der Waals surface area contributed by atoms with E-state index in [-0.39, 0.29) is 5.56 Å². The fraction of sp³-hybridized carbons (Fsp3) is 0.385. The predicted octanol–water partition coefficient (Wildman–Crippen LogP) is 1.60. The van der Waals surface area contributed by atoms with Crippen molar-refractivity contribution >= 4 is 11.9 Å². The molecule has 0 aliphatic heterocycles. The molecule has 0 aliphatic rings. The van der Waals surface area contributed by atoms with Crippen molar-refractivity contribution in [2.75, 3.05) is 0 Å². The minimum absolute atomic E-state index is 0.00565. The molecule has 1 rings (SSSR count). The van der Waals surface area contributed by atoms with E-state index in [0.717, 1.165) is 24.3 Å². The van der Waals surface area contributed by atoms with Crippen molar-refractivity contribution in [2.24, 2.45) is 5.73 Å². The lowest BCUT2D eigenvalue weighted by Crippen LogP contribution is -2.44. The lowest BCUT2D eigenvalue weighted by molar-refractivity contribution is -0.256. The predicted molar refractivity (Wildman–Crippen MR) is 65.7 cm³/mol. The van der Waals surface area contributed by atoms with Crippen molar-refractivity contribution in [3.8, 4) is 0 Å². The molecule has 0 saturated carbocycles. The zero-order chi connectivity index (χ0) is 17.1. The number of rotatable bonds is 5. The number of amides is 1. The molecular formula is C13H13F4NO4. The van der Waals surface area contributed by atoms with Gasteiger partial charge in [0.2, 0.25) is 6.10 Å². The highest BCUT2D eigenvalue weighted by atomic mass is 19.4. The number of carbonyl (C=O) groups excluding carboxylic acids is 2. The monoisotopic (exact) mass is 323 g/mol. The van der Waals surface area contributed by atoms with Gasteiger partial charge in [0.05, 0.1) is 6.42 Å². The van der Waals surface area contributed by atoms with Crippen molar-refractivity contribution in [1.82, 2.24) is 0 Å². The molecule has 1 amide bonds. The van der Waals surface area contributed by atoms with E-state index >= 15 is 0 Å². The Labute approximate surface area is 122 Å². The Morgan fingerprint density at radius 2 is 1.77 bits per heavy atom. The Bertz CT molecular complexity index is 554. The fourth-order valence-electron chi connectivity index (χ4n) is 1.48. The highest BCUT2D eigenvalue weighted by molar-refractivity contribution is 5.83. The molecule has 0 radical (unpaired) electrons. The molecule has 0 spiro atoms. The molecular weight excluding hydrogens is 310 g/mol. The maximum atomic E-state index is 12.8. The van der Waals surface area contributed by atoms with Crippen LogP contribution in [0.25, 0.3) is 0 Å². The molecule has 0 fully saturated rings. The van der Waals surface area contributed by atoms with Gasteiger partial charge in [-0.3, -0.25) is 9.59 Å². The second-order valence-corrected chi connectivity index (χ2v) is 4.77. The van der Waals surface area contributed by atoms with Crippen molar-refractivity contribution in [3.63, 3.8) is 0 Å². The van der Waals surface area contributed by atoms with E-state index in [1.54, 1.807) is 0 Å². The van der Waals surface area contributed by atoms with Crippen molar-refractivity contribution < 1.29 is 37.0 Å². The smallest absolute Gasteiger partial charge is 0.417 e. The molecule has 0 saturated heterocycles. The standard InChI is InChI=1S/C13H13F4NO4/c1-12(21,13(15,16)17)6-9(19)22-10(11(18)20)7-2-4-8(14)5-3-7/h2-5,10,21H,6H2,1H3,(H2,18,20)/t10-,12-/m0/s1. The minimum Gasteiger partial charge on any atom is -0.447 e. The van der Waals surface area contributed by atoms with Crippen molar-refractivity contribution in [1.29, 1.82) is 0 Å². The first-order chi connectivity index (χ1) is 9.94. The molecule has 0 aromatic heterocycles. The van der Waals surface area contributed by atoms with Gasteiger partial charge in [0.15, 0.2) is 5.60 Å². The number of aliphatic hydroxyl groups is 1. The van der Waals surface area contributed by atoms with Crippen LogP contribution in [0.3, 0.4) is 0 Å². The third kappa shape index (κ3) is 4.42. The van der Waals surface area contributed by atoms with E-state index in [4.69, 9.17) is 5.73 Å². The Morgan fingerprint density at radius 3 is 2.18 bits per heavy atom. The highest BCUT2D eigenvalue weighted by Gasteiger charge is 2.51. The average Bonchev–Trinajstić information content (AvgIpc) is 2.35. The van der Waals surface area contributed by atoms with Gasteiger partial charge < -0.3 is 15.6 Å².